The number of nitrogens with zero attached hydrogens (tertiary/aromatic N) is 2. The molecule has 19 heavy (non-hydrogen) atoms. The van der Waals surface area contributed by atoms with E-state index in [-0.39, 0.29) is 0 Å². The Morgan fingerprint density at radius 2 is 2.11 bits per heavy atom. The highest BCUT2D eigenvalue weighted by atomic mass is 32.1. The lowest BCUT2D eigenvalue weighted by Gasteiger charge is -2.00. The Kier molecular flexibility index (Phi) is 3.31. The fraction of sp³-hybridized carbons (Fsp3) is 0.300. The number of alkyl halides is 3. The molecule has 0 unspecified atom stereocenters. The van der Waals surface area contributed by atoms with Crippen LogP contribution in [0.3, 0.4) is 0 Å². The summed E-state index contributed by atoms with van der Waals surface area (Å²) >= 11 is 1.43. The van der Waals surface area contributed by atoms with E-state index in [2.05, 4.69) is 15.4 Å². The Labute approximate surface area is 109 Å². The summed E-state index contributed by atoms with van der Waals surface area (Å²) in [6, 6.07) is 1.66. The Morgan fingerprint density at radius 3 is 2.58 bits per heavy atom. The molecule has 2 aromatic rings. The number of carbonyl (C=O) groups excluding carboxylic acids is 1. The van der Waals surface area contributed by atoms with E-state index in [0.717, 1.165) is 9.75 Å². The molecule has 0 saturated carbocycles. The first-order valence-corrected chi connectivity index (χ1v) is 5.97. The maximum Gasteiger partial charge on any atom is 0.451 e. The molecule has 0 bridgehead atoms. The van der Waals surface area contributed by atoms with E-state index in [1.165, 1.54) is 11.3 Å². The van der Waals surface area contributed by atoms with Crippen molar-refractivity contribution in [1.82, 2.24) is 15.2 Å². The summed E-state index contributed by atoms with van der Waals surface area (Å²) in [6.45, 7) is 3.59. The van der Waals surface area contributed by atoms with Gasteiger partial charge in [0.05, 0.1) is 5.56 Å². The number of amides is 1. The number of thiophene rings is 1. The minimum absolute atomic E-state index is 0.402. The maximum atomic E-state index is 12.3. The monoisotopic (exact) mass is 290 g/mol. The summed E-state index contributed by atoms with van der Waals surface area (Å²) in [5, 5.41) is 7.24. The predicted octanol–water partition coefficient (Wildman–Crippen LogP) is 2.75. The van der Waals surface area contributed by atoms with E-state index in [1.54, 1.807) is 18.1 Å². The highest BCUT2D eigenvalue weighted by Gasteiger charge is 2.35. The van der Waals surface area contributed by atoms with Crippen LogP contribution in [0.15, 0.2) is 6.07 Å². The topological polar surface area (TPSA) is 70.7 Å². The smallest absolute Gasteiger partial charge is 0.289 e. The molecule has 0 aliphatic heterocycles. The minimum Gasteiger partial charge on any atom is -0.289 e. The molecule has 0 saturated heterocycles. The molecule has 0 atom stereocenters. The fourth-order valence-electron chi connectivity index (χ4n) is 1.47. The standard InChI is InChI=1S/C10H9F3N4OS/c1-4-3-6(5(2)19-4)7(18)14-9-15-8(16-17-9)10(11,12)13/h3H,1-2H3,(H2,14,15,16,17,18). The zero-order valence-electron chi connectivity index (χ0n) is 9.92. The van der Waals surface area contributed by atoms with E-state index in [9.17, 15) is 18.0 Å². The normalized spacial score (nSPS) is 11.6. The van der Waals surface area contributed by atoms with E-state index < -0.39 is 23.9 Å². The first kappa shape index (κ1) is 13.5. The molecule has 0 aliphatic rings. The Hall–Kier alpha value is -1.90. The number of carbonyl (C=O) groups is 1. The maximum absolute atomic E-state index is 12.3. The quantitative estimate of drug-likeness (QED) is 0.893. The van der Waals surface area contributed by atoms with Gasteiger partial charge in [-0.25, -0.2) is 0 Å². The summed E-state index contributed by atoms with van der Waals surface area (Å²) in [4.78, 5) is 16.7. The molecule has 0 aliphatic carbocycles. The zero-order valence-corrected chi connectivity index (χ0v) is 10.7. The molecule has 2 heterocycles. The number of aromatic nitrogens is 3. The van der Waals surface area contributed by atoms with Crippen molar-refractivity contribution in [3.8, 4) is 0 Å². The van der Waals surface area contributed by atoms with Crippen molar-refractivity contribution >= 4 is 23.2 Å². The van der Waals surface area contributed by atoms with Crippen molar-refractivity contribution in [3.05, 3.63) is 27.2 Å². The van der Waals surface area contributed by atoms with Crippen molar-refractivity contribution in [3.63, 3.8) is 0 Å². The lowest BCUT2D eigenvalue weighted by Crippen LogP contribution is -2.13. The van der Waals surface area contributed by atoms with Crippen molar-refractivity contribution in [2.24, 2.45) is 0 Å². The van der Waals surface area contributed by atoms with Gasteiger partial charge in [0.15, 0.2) is 0 Å². The van der Waals surface area contributed by atoms with Gasteiger partial charge in [-0.2, -0.15) is 18.2 Å². The third-order valence-electron chi connectivity index (χ3n) is 2.26. The van der Waals surface area contributed by atoms with Crippen molar-refractivity contribution < 1.29 is 18.0 Å². The summed E-state index contributed by atoms with van der Waals surface area (Å²) in [5.41, 5.74) is 0.404. The van der Waals surface area contributed by atoms with Gasteiger partial charge in [-0.1, -0.05) is 0 Å². The van der Waals surface area contributed by atoms with Crippen LogP contribution >= 0.6 is 11.3 Å². The van der Waals surface area contributed by atoms with Crippen LogP contribution in [0.2, 0.25) is 0 Å². The number of hydrogen-bond donors (Lipinski definition) is 2. The first-order valence-electron chi connectivity index (χ1n) is 5.15. The van der Waals surface area contributed by atoms with Gasteiger partial charge >= 0.3 is 6.18 Å². The molecular formula is C10H9F3N4OS. The molecule has 0 fully saturated rings. The van der Waals surface area contributed by atoms with Gasteiger partial charge in [0.1, 0.15) is 0 Å². The molecule has 2 rings (SSSR count). The molecule has 0 radical (unpaired) electrons. The molecule has 0 spiro atoms. The van der Waals surface area contributed by atoms with Gasteiger partial charge < -0.3 is 0 Å². The third kappa shape index (κ3) is 2.92. The average molecular weight is 290 g/mol. The zero-order chi connectivity index (χ0) is 14.2. The van der Waals surface area contributed by atoms with Crippen LogP contribution in [0.25, 0.3) is 0 Å². The molecule has 1 amide bonds. The van der Waals surface area contributed by atoms with Crippen molar-refractivity contribution in [1.29, 1.82) is 0 Å². The second-order valence-corrected chi connectivity index (χ2v) is 5.25. The lowest BCUT2D eigenvalue weighted by atomic mass is 10.2. The number of anilines is 1. The van der Waals surface area contributed by atoms with Gasteiger partial charge in [0, 0.05) is 9.75 Å². The van der Waals surface area contributed by atoms with Crippen LogP contribution < -0.4 is 5.32 Å². The first-order chi connectivity index (χ1) is 8.77. The number of aryl methyl sites for hydroxylation is 2. The van der Waals surface area contributed by atoms with Crippen LogP contribution in [0.1, 0.15) is 25.9 Å². The van der Waals surface area contributed by atoms with E-state index >= 15 is 0 Å². The molecule has 2 aromatic heterocycles. The summed E-state index contributed by atoms with van der Waals surface area (Å²) < 4.78 is 36.9. The number of halogens is 3. The average Bonchev–Trinajstić information content (AvgIpc) is 2.84. The summed E-state index contributed by atoms with van der Waals surface area (Å²) in [7, 11) is 0. The Bertz CT molecular complexity index is 617. The lowest BCUT2D eigenvalue weighted by molar-refractivity contribution is -0.144. The van der Waals surface area contributed by atoms with Gasteiger partial charge in [-0.15, -0.1) is 16.4 Å². The molecule has 2 N–H and O–H groups in total. The van der Waals surface area contributed by atoms with Crippen LogP contribution in [0.4, 0.5) is 19.1 Å². The van der Waals surface area contributed by atoms with Gasteiger partial charge in [0.2, 0.25) is 11.8 Å². The molecule has 5 nitrogen and oxygen atoms in total. The Morgan fingerprint density at radius 1 is 1.42 bits per heavy atom. The summed E-state index contributed by atoms with van der Waals surface area (Å²) in [5.74, 6) is -2.18. The Balaban J connectivity index is 2.16. The van der Waals surface area contributed by atoms with E-state index in [4.69, 9.17) is 0 Å². The number of nitrogens with one attached hydrogen (secondary N) is 2. The number of rotatable bonds is 2. The molecule has 102 valence electrons. The molecule has 0 aromatic carbocycles. The second kappa shape index (κ2) is 4.65. The van der Waals surface area contributed by atoms with Gasteiger partial charge in [-0.3, -0.25) is 15.2 Å². The van der Waals surface area contributed by atoms with Gasteiger partial charge in [-0.05, 0) is 19.9 Å². The van der Waals surface area contributed by atoms with E-state index in [1.807, 2.05) is 6.92 Å². The van der Waals surface area contributed by atoms with Crippen LogP contribution in [0.5, 0.6) is 0 Å². The SMILES string of the molecule is Cc1cc(C(=O)Nc2n[nH]c(C(F)(F)F)n2)c(C)s1. The van der Waals surface area contributed by atoms with Crippen LogP contribution in [0, 0.1) is 13.8 Å². The summed E-state index contributed by atoms with van der Waals surface area (Å²) in [6.07, 6.45) is -4.62. The number of aromatic amines is 1. The molecule has 9 heteroatoms. The second-order valence-electron chi connectivity index (χ2n) is 3.79. The fourth-order valence-corrected chi connectivity index (χ4v) is 2.39. The minimum atomic E-state index is -4.62. The molecular weight excluding hydrogens is 281 g/mol. The highest BCUT2D eigenvalue weighted by molar-refractivity contribution is 7.12. The van der Waals surface area contributed by atoms with E-state index in [0.29, 0.717) is 5.56 Å². The third-order valence-corrected chi connectivity index (χ3v) is 3.23. The largest absolute Gasteiger partial charge is 0.451 e. The van der Waals surface area contributed by atoms with Crippen LogP contribution in [-0.2, 0) is 6.18 Å². The number of hydrogen-bond acceptors (Lipinski definition) is 4. The van der Waals surface area contributed by atoms with Gasteiger partial charge in [0.25, 0.3) is 5.91 Å². The van der Waals surface area contributed by atoms with Crippen molar-refractivity contribution in [2.45, 2.75) is 20.0 Å². The highest BCUT2D eigenvalue weighted by Crippen LogP contribution is 2.26. The number of H-pyrrole nitrogens is 1. The predicted molar refractivity (Wildman–Crippen MR) is 63.1 cm³/mol. The van der Waals surface area contributed by atoms with Crippen molar-refractivity contribution in [2.75, 3.05) is 5.32 Å². The van der Waals surface area contributed by atoms with Crippen LogP contribution in [-0.4, -0.2) is 21.1 Å².